The molecule has 0 aromatic carbocycles. The van der Waals surface area contributed by atoms with E-state index in [-0.39, 0.29) is 142 Å². The molecule has 31 N–H and O–H groups in total. The van der Waals surface area contributed by atoms with E-state index in [1.807, 2.05) is 123 Å². The molecule has 0 saturated carbocycles. The molecule has 0 amide bonds. The Bertz CT molecular complexity index is 2090. The van der Waals surface area contributed by atoms with E-state index in [1.165, 1.54) is 25.7 Å². The lowest BCUT2D eigenvalue weighted by molar-refractivity contribution is 0.0375. The Morgan fingerprint density at radius 3 is 0.730 bits per heavy atom. The van der Waals surface area contributed by atoms with E-state index in [9.17, 15) is 5.11 Å². The molecular weight excluding hydrogens is 1910 g/mol. The van der Waals surface area contributed by atoms with Crippen molar-refractivity contribution in [2.24, 2.45) is 11.5 Å². The van der Waals surface area contributed by atoms with E-state index >= 15 is 0 Å². The summed E-state index contributed by atoms with van der Waals surface area (Å²) in [5, 5.41) is 219. The highest BCUT2D eigenvalue weighted by molar-refractivity contribution is 4.80. The molecule has 0 fully saturated rings. The smallest absolute Gasteiger partial charge is 0.0897 e. The Labute approximate surface area is 910 Å². The van der Waals surface area contributed by atoms with Crippen LogP contribution in [0, 0.1) is 0 Å². The van der Waals surface area contributed by atoms with Crippen LogP contribution >= 0.6 is 0 Å². The molecule has 148 heavy (non-hydrogen) atoms. The molecule has 42 heteroatoms. The van der Waals surface area contributed by atoms with Crippen LogP contribution in [0.1, 0.15) is 244 Å². The van der Waals surface area contributed by atoms with Gasteiger partial charge in [-0.3, -0.25) is 19.6 Å². The monoisotopic (exact) mass is 2170 g/mol. The number of likely N-dealkylation sites (N-methyl/N-ethyl adjacent to an activating group) is 6. The maximum Gasteiger partial charge on any atom is 0.0897 e. The number of nitrogens with zero attached hydrogens (tertiary/aromatic N) is 13. The van der Waals surface area contributed by atoms with Crippen LogP contribution in [0.15, 0.2) is 0 Å². The minimum absolute atomic E-state index is 0.0694. The van der Waals surface area contributed by atoms with Gasteiger partial charge in [0.25, 0.3) is 0 Å². The first-order valence-corrected chi connectivity index (χ1v) is 55.2. The topological polar surface area (TPSA) is 624 Å². The van der Waals surface area contributed by atoms with E-state index < -0.39 is 17.7 Å². The van der Waals surface area contributed by atoms with Gasteiger partial charge in [0.05, 0.1) is 161 Å². The normalized spacial score (nSPS) is 12.0. The zero-order valence-corrected chi connectivity index (χ0v) is 102. The molecule has 0 aromatic rings. The SMILES string of the molecule is CC(C)N(CC(O)CO)C(C)C.CC(C)N(CCO)C(C)C.CC(O)CN(C)C.CC(O)CNCC(C)O.CCC(N)(CO)CO.CCCCN(CCO)CCCC.CCCCN(CCO)CCO.CCN(CC)CCCC(C)O.CCN(CC)CCCO.CCN(CC)CCO.CCN(CCO)CCO.CN(C)C(C)(C)CO.CN(C)CCCO.CN(C)CCO.CN(CCO)CCO.NC(CO)CO.OCCNCCO. The Kier molecular flexibility index (Phi) is 189. The second-order valence-corrected chi connectivity index (χ2v) is 38.4. The Hall–Kier alpha value is -1.68. The van der Waals surface area contributed by atoms with Gasteiger partial charge in [-0.05, 0) is 290 Å². The van der Waals surface area contributed by atoms with Gasteiger partial charge >= 0.3 is 0 Å². The summed E-state index contributed by atoms with van der Waals surface area (Å²) in [6, 6.07) is 1.43. The average Bonchev–Trinajstić information content (AvgIpc) is 0.925. The largest absolute Gasteiger partial charge is 0.396 e. The van der Waals surface area contributed by atoms with Crippen LogP contribution in [0.4, 0.5) is 0 Å². The molecule has 5 unspecified atom stereocenters. The first kappa shape index (κ1) is 185. The predicted octanol–water partition coefficient (Wildman–Crippen LogP) is -0.781. The standard InChI is InChI=1S/C10H23NO.C9H21NO2.C9H21NO.C8H19NO2.C8H19NO.C7H17NO.2C6H15NO2.2C6H15NO.2C5H13NO2.2C5H13NO.C4H11NO2.C4H11NO.C3H9NO2/c1-3-5-7-11(9-10-12)8-6-4-2;1-7(2)10(8(3)4)5-9(12)6-11;1-4-10(5-2)8-6-7-9(3)11;1-2-3-4-9(5-7-10)6-8-11;1-7(2)9(5-6-10)8(3)4;1-3-8(4-2)6-5-7-9;1-5(8)3-7-4-6(2)9;1-2-7(3-5-8)4-6-9;1-6(2,5-8)7(3)4;1-3-7(4-2)5-6-8;1-6(2-4-7)3-5-8;1-2-5(6,3-7)4-8;1-5(7)4-6(2)3;1-6(2)4-3-5-7;6-3-1-5-2-4-7;1-5(2)3-4-6;4-3(1-5)2-6/h12H,3-10H2,1-2H3;7-9,11-12H,5-6H2,1-4H3;9,11H,4-8H2,1-3H3;10-11H,2-8H2,1H3;7-8,10H,5-6H2,1-4H3;9H,3-7H2,1-2H3;5-9H,3-4H2,1-2H3;8-9H,2-6H2,1H3;8H,5H2,1-4H3;8H,3-6H2,1-2H3;7-8H,2-5H2,1H3;7-8H,2-4,6H2,1H3;5,7H,4H2,1-3H3;7H,3-5H2,1-2H3;5-7H,1-4H2;6H,3-4H2,1-2H3;3,5-6H,1-2,4H2. The third-order valence-electron chi connectivity index (χ3n) is 21.2. The number of nitrogens with two attached hydrogens (primary N) is 2. The highest BCUT2D eigenvalue weighted by Gasteiger charge is 2.21. The maximum absolute atomic E-state index is 9.23. The highest BCUT2D eigenvalue weighted by atomic mass is 16.3. The average molecular weight is 2180 g/mol. The Balaban J connectivity index is -0.0000000824. The van der Waals surface area contributed by atoms with Crippen LogP contribution in [0.2, 0.25) is 0 Å². The molecule has 0 saturated heterocycles. The number of nitrogens with one attached hydrogen (secondary N) is 2. The summed E-state index contributed by atoms with van der Waals surface area (Å²) in [5.74, 6) is 0. The lowest BCUT2D eigenvalue weighted by Gasteiger charge is -2.31. The van der Waals surface area contributed by atoms with Crippen LogP contribution in [0.25, 0.3) is 0 Å². The van der Waals surface area contributed by atoms with Crippen LogP contribution in [0.5, 0.6) is 0 Å². The highest BCUT2D eigenvalue weighted by Crippen LogP contribution is 2.09. The van der Waals surface area contributed by atoms with Crippen molar-refractivity contribution in [3.8, 4) is 0 Å². The van der Waals surface area contributed by atoms with Crippen molar-refractivity contribution >= 4 is 0 Å². The summed E-state index contributed by atoms with van der Waals surface area (Å²) >= 11 is 0. The number of hydrogen-bond acceptors (Lipinski definition) is 42. The van der Waals surface area contributed by atoms with Crippen molar-refractivity contribution in [3.05, 3.63) is 0 Å². The summed E-state index contributed by atoms with van der Waals surface area (Å²) in [5.41, 5.74) is 9.53. The molecule has 0 aliphatic carbocycles. The fourth-order valence-corrected chi connectivity index (χ4v) is 11.0. The van der Waals surface area contributed by atoms with Gasteiger partial charge in [0.1, 0.15) is 0 Å². The quantitative estimate of drug-likeness (QED) is 0.0332. The first-order chi connectivity index (χ1) is 69.5. The Morgan fingerprint density at radius 1 is 0.270 bits per heavy atom. The number of aliphatic hydroxyl groups excluding tert-OH is 25. The predicted molar refractivity (Wildman–Crippen MR) is 622 cm³/mol. The number of hydrogen-bond donors (Lipinski definition) is 29. The minimum atomic E-state index is -0.764. The van der Waals surface area contributed by atoms with E-state index in [1.54, 1.807) is 20.8 Å². The van der Waals surface area contributed by atoms with Gasteiger partial charge in [-0.1, -0.05) is 95.4 Å². The third-order valence-corrected chi connectivity index (χ3v) is 21.2. The minimum Gasteiger partial charge on any atom is -0.396 e. The van der Waals surface area contributed by atoms with Gasteiger partial charge in [0, 0.05) is 154 Å². The van der Waals surface area contributed by atoms with Crippen LogP contribution < -0.4 is 22.1 Å². The summed E-state index contributed by atoms with van der Waals surface area (Å²) in [7, 11) is 17.5. The Morgan fingerprint density at radius 2 is 0.561 bits per heavy atom. The maximum atomic E-state index is 9.23. The molecule has 0 heterocycles. The van der Waals surface area contributed by atoms with Crippen LogP contribution in [-0.4, -0.2) is 649 Å². The molecule has 0 aliphatic rings. The third kappa shape index (κ3) is 186. The van der Waals surface area contributed by atoms with Gasteiger partial charge in [-0.25, -0.2) is 0 Å². The van der Waals surface area contributed by atoms with Crippen molar-refractivity contribution < 1.29 is 128 Å². The second kappa shape index (κ2) is 152. The van der Waals surface area contributed by atoms with Crippen molar-refractivity contribution in [2.45, 2.75) is 316 Å². The molecule has 0 rings (SSSR count). The van der Waals surface area contributed by atoms with Gasteiger partial charge in [-0.15, -0.1) is 0 Å². The molecule has 5 atom stereocenters. The molecule has 0 bridgehead atoms. The van der Waals surface area contributed by atoms with E-state index in [2.05, 4.69) is 168 Å². The number of aliphatic hydroxyl groups is 25. The molecule has 0 radical (unpaired) electrons. The lowest BCUT2D eigenvalue weighted by Crippen LogP contribution is -2.46. The fraction of sp³-hybridized carbons (Fsp3) is 1.00. The van der Waals surface area contributed by atoms with Crippen molar-refractivity contribution in [2.75, 3.05) is 385 Å². The van der Waals surface area contributed by atoms with E-state index in [0.29, 0.717) is 122 Å². The zero-order valence-electron chi connectivity index (χ0n) is 102. The molecule has 0 aliphatic heterocycles. The summed E-state index contributed by atoms with van der Waals surface area (Å²) < 4.78 is 0. The van der Waals surface area contributed by atoms with Crippen molar-refractivity contribution in [1.29, 1.82) is 0 Å². The summed E-state index contributed by atoms with van der Waals surface area (Å²) in [6.07, 6.45) is 10.1. The number of rotatable bonds is 70. The van der Waals surface area contributed by atoms with Gasteiger partial charge < -0.3 is 194 Å². The first-order valence-electron chi connectivity index (χ1n) is 55.2. The molecule has 0 spiro atoms. The lowest BCUT2D eigenvalue weighted by atomic mass is 10.0. The van der Waals surface area contributed by atoms with Gasteiger partial charge in [0.15, 0.2) is 0 Å². The van der Waals surface area contributed by atoms with Crippen LogP contribution in [-0.2, 0) is 0 Å². The zero-order chi connectivity index (χ0) is 119. The van der Waals surface area contributed by atoms with Gasteiger partial charge in [0.2, 0.25) is 0 Å². The fourth-order valence-electron chi connectivity index (χ4n) is 11.0. The second-order valence-electron chi connectivity index (χ2n) is 38.4. The molecular formula is C106H263N17O25. The number of unbranched alkanes of at least 4 members (excludes halogenated alkanes) is 3. The molecule has 42 nitrogen and oxygen atoms in total. The van der Waals surface area contributed by atoms with Crippen molar-refractivity contribution in [3.63, 3.8) is 0 Å². The van der Waals surface area contributed by atoms with Crippen LogP contribution in [0.3, 0.4) is 0 Å². The summed E-state index contributed by atoms with van der Waals surface area (Å²) in [6.45, 7) is 78.2. The van der Waals surface area contributed by atoms with E-state index in [4.69, 9.17) is 134 Å². The summed E-state index contributed by atoms with van der Waals surface area (Å²) in [4.78, 5) is 27.5. The van der Waals surface area contributed by atoms with E-state index in [0.717, 1.165) is 156 Å². The molecule has 922 valence electrons. The molecule has 0 aromatic heterocycles. The van der Waals surface area contributed by atoms with Gasteiger partial charge in [-0.2, -0.15) is 0 Å². The van der Waals surface area contributed by atoms with Crippen molar-refractivity contribution in [1.82, 2.24) is 74.3 Å².